The maximum absolute atomic E-state index is 9.53. The van der Waals surface area contributed by atoms with Gasteiger partial charge in [-0.3, -0.25) is 0 Å². The molecule has 0 spiro atoms. The zero-order chi connectivity index (χ0) is 22.8. The van der Waals surface area contributed by atoms with Gasteiger partial charge in [0.2, 0.25) is 5.88 Å². The first kappa shape index (κ1) is 20.7. The quantitative estimate of drug-likeness (QED) is 0.486. The lowest BCUT2D eigenvalue weighted by atomic mass is 10.1. The van der Waals surface area contributed by atoms with Gasteiger partial charge in [-0.1, -0.05) is 6.07 Å². The Balaban J connectivity index is 1.41. The number of hydrogen-bond acceptors (Lipinski definition) is 8. The van der Waals surface area contributed by atoms with Crippen LogP contribution in [-0.2, 0) is 0 Å². The lowest BCUT2D eigenvalue weighted by molar-refractivity contribution is 0.198. The number of anilines is 1. The summed E-state index contributed by atoms with van der Waals surface area (Å²) in [7, 11) is 0. The predicted molar refractivity (Wildman–Crippen MR) is 123 cm³/mol. The second-order valence-electron chi connectivity index (χ2n) is 7.78. The van der Waals surface area contributed by atoms with E-state index < -0.39 is 0 Å². The second-order valence-corrected chi connectivity index (χ2v) is 7.78. The van der Waals surface area contributed by atoms with Gasteiger partial charge in [0, 0.05) is 36.1 Å². The Bertz CT molecular complexity index is 1300. The maximum atomic E-state index is 9.53. The van der Waals surface area contributed by atoms with Gasteiger partial charge in [0.25, 0.3) is 0 Å². The van der Waals surface area contributed by atoms with Crippen molar-refractivity contribution in [3.05, 3.63) is 66.7 Å². The molecular weight excluding hydrogens is 418 g/mol. The third-order valence-corrected chi connectivity index (χ3v) is 5.62. The molecule has 1 aliphatic rings. The first-order valence-electron chi connectivity index (χ1n) is 10.7. The predicted octanol–water partition coefficient (Wildman–Crippen LogP) is 2.66. The van der Waals surface area contributed by atoms with Crippen molar-refractivity contribution in [3.8, 4) is 28.8 Å². The van der Waals surface area contributed by atoms with Gasteiger partial charge in [-0.25, -0.2) is 14.5 Å². The number of pyridine rings is 3. The lowest BCUT2D eigenvalue weighted by Gasteiger charge is -2.18. The van der Waals surface area contributed by atoms with Crippen LogP contribution in [0.3, 0.4) is 0 Å². The van der Waals surface area contributed by atoms with Gasteiger partial charge in [-0.05, 0) is 31.2 Å². The first-order chi connectivity index (χ1) is 16.2. The highest BCUT2D eigenvalue weighted by Crippen LogP contribution is 2.31. The molecule has 5 rings (SSSR count). The van der Waals surface area contributed by atoms with E-state index in [0.29, 0.717) is 36.9 Å². The molecule has 2 atom stereocenters. The summed E-state index contributed by atoms with van der Waals surface area (Å²) in [5, 5.41) is 13.8. The fourth-order valence-corrected chi connectivity index (χ4v) is 4.06. The Labute approximate surface area is 191 Å². The van der Waals surface area contributed by atoms with E-state index in [2.05, 4.69) is 26.0 Å². The number of nitrogens with zero attached hydrogens (tertiary/aromatic N) is 6. The highest BCUT2D eigenvalue weighted by Gasteiger charge is 2.33. The van der Waals surface area contributed by atoms with Crippen LogP contribution in [0.15, 0.2) is 61.2 Å². The van der Waals surface area contributed by atoms with Gasteiger partial charge in [0.1, 0.15) is 23.7 Å². The van der Waals surface area contributed by atoms with Gasteiger partial charge in [-0.15, -0.1) is 0 Å². The molecule has 0 aromatic carbocycles. The fraction of sp³-hybridized carbons (Fsp3) is 0.250. The molecule has 1 aliphatic heterocycles. The molecule has 166 valence electrons. The zero-order valence-corrected chi connectivity index (χ0v) is 18.1. The standard InChI is InChI=1S/C24H23N7O2/c1-2-32-18-9-19(24-17(10-25)12-29-31(24)13-18)16-6-7-22(28-11-16)30-14-20(26)21(15-30)33-23-5-3-4-8-27-23/h3-9,11-13,20-21H,2,14-15,26H2,1H3/t20-,21-/m1/s1. The van der Waals surface area contributed by atoms with Gasteiger partial charge >= 0.3 is 0 Å². The van der Waals surface area contributed by atoms with Crippen LogP contribution in [0, 0.1) is 11.3 Å². The number of nitriles is 1. The van der Waals surface area contributed by atoms with E-state index in [1.165, 1.54) is 0 Å². The molecule has 4 aromatic heterocycles. The van der Waals surface area contributed by atoms with Crippen molar-refractivity contribution in [2.24, 2.45) is 5.73 Å². The van der Waals surface area contributed by atoms with Gasteiger partial charge in [0.05, 0.1) is 42.7 Å². The summed E-state index contributed by atoms with van der Waals surface area (Å²) >= 11 is 0. The van der Waals surface area contributed by atoms with E-state index in [0.717, 1.165) is 22.5 Å². The summed E-state index contributed by atoms with van der Waals surface area (Å²) in [6.07, 6.45) is 6.66. The number of nitrogens with two attached hydrogens (primary N) is 1. The Morgan fingerprint density at radius 3 is 2.82 bits per heavy atom. The van der Waals surface area contributed by atoms with Crippen molar-refractivity contribution in [1.82, 2.24) is 19.6 Å². The van der Waals surface area contributed by atoms with Crippen LogP contribution >= 0.6 is 0 Å². The van der Waals surface area contributed by atoms with Crippen LogP contribution in [-0.4, -0.2) is 51.4 Å². The second kappa shape index (κ2) is 8.76. The maximum Gasteiger partial charge on any atom is 0.213 e. The van der Waals surface area contributed by atoms with Crippen LogP contribution in [0.4, 0.5) is 5.82 Å². The average molecular weight is 441 g/mol. The minimum absolute atomic E-state index is 0.152. The lowest BCUT2D eigenvalue weighted by Crippen LogP contribution is -2.37. The van der Waals surface area contributed by atoms with Crippen molar-refractivity contribution in [3.63, 3.8) is 0 Å². The van der Waals surface area contributed by atoms with E-state index in [1.807, 2.05) is 43.3 Å². The Hall–Kier alpha value is -4.16. The molecule has 1 saturated heterocycles. The van der Waals surface area contributed by atoms with Crippen LogP contribution in [0.1, 0.15) is 12.5 Å². The molecule has 5 heterocycles. The molecule has 0 radical (unpaired) electrons. The van der Waals surface area contributed by atoms with E-state index in [-0.39, 0.29) is 12.1 Å². The molecule has 9 heteroatoms. The topological polar surface area (TPSA) is 115 Å². The summed E-state index contributed by atoms with van der Waals surface area (Å²) in [6, 6.07) is 13.5. The fourth-order valence-electron chi connectivity index (χ4n) is 4.06. The van der Waals surface area contributed by atoms with Crippen LogP contribution < -0.4 is 20.1 Å². The van der Waals surface area contributed by atoms with Crippen LogP contribution in [0.25, 0.3) is 16.6 Å². The van der Waals surface area contributed by atoms with Crippen molar-refractivity contribution in [1.29, 1.82) is 5.26 Å². The van der Waals surface area contributed by atoms with E-state index in [9.17, 15) is 5.26 Å². The van der Waals surface area contributed by atoms with Crippen molar-refractivity contribution in [2.75, 3.05) is 24.6 Å². The highest BCUT2D eigenvalue weighted by atomic mass is 16.5. The van der Waals surface area contributed by atoms with E-state index in [4.69, 9.17) is 15.2 Å². The van der Waals surface area contributed by atoms with Gasteiger partial charge in [-0.2, -0.15) is 10.4 Å². The number of rotatable bonds is 6. The third-order valence-electron chi connectivity index (χ3n) is 5.62. The Morgan fingerprint density at radius 2 is 2.09 bits per heavy atom. The summed E-state index contributed by atoms with van der Waals surface area (Å²) in [6.45, 7) is 3.71. The minimum Gasteiger partial charge on any atom is -0.492 e. The SMILES string of the molecule is CCOc1cc(-c2ccc(N3C[C@@H](N)[C@H](Oc4ccccn4)C3)nc2)c2c(C#N)cnn2c1. The average Bonchev–Trinajstić information content (AvgIpc) is 3.43. The van der Waals surface area contributed by atoms with Crippen molar-refractivity contribution < 1.29 is 9.47 Å². The molecule has 0 bridgehead atoms. The highest BCUT2D eigenvalue weighted by molar-refractivity contribution is 5.85. The molecule has 1 fully saturated rings. The van der Waals surface area contributed by atoms with E-state index in [1.54, 1.807) is 29.3 Å². The number of hydrogen-bond donors (Lipinski definition) is 1. The zero-order valence-electron chi connectivity index (χ0n) is 18.1. The first-order valence-corrected chi connectivity index (χ1v) is 10.7. The molecular formula is C24H23N7O2. The van der Waals surface area contributed by atoms with Crippen LogP contribution in [0.5, 0.6) is 11.6 Å². The van der Waals surface area contributed by atoms with E-state index >= 15 is 0 Å². The normalized spacial score (nSPS) is 17.8. The van der Waals surface area contributed by atoms with Gasteiger partial charge in [0.15, 0.2) is 0 Å². The number of aromatic nitrogens is 4. The van der Waals surface area contributed by atoms with Crippen molar-refractivity contribution >= 4 is 11.3 Å². The number of ether oxygens (including phenoxy) is 2. The largest absolute Gasteiger partial charge is 0.492 e. The smallest absolute Gasteiger partial charge is 0.213 e. The summed E-state index contributed by atoms with van der Waals surface area (Å²) < 4.78 is 13.3. The van der Waals surface area contributed by atoms with Crippen molar-refractivity contribution in [2.45, 2.75) is 19.1 Å². The molecule has 33 heavy (non-hydrogen) atoms. The van der Waals surface area contributed by atoms with Gasteiger partial charge < -0.3 is 20.1 Å². The van der Waals surface area contributed by atoms with Crippen LogP contribution in [0.2, 0.25) is 0 Å². The molecule has 4 aromatic rings. The monoisotopic (exact) mass is 441 g/mol. The molecule has 0 saturated carbocycles. The third kappa shape index (κ3) is 4.04. The molecule has 2 N–H and O–H groups in total. The number of fused-ring (bicyclic) bond motifs is 1. The molecule has 9 nitrogen and oxygen atoms in total. The Kier molecular flexibility index (Phi) is 5.50. The Morgan fingerprint density at radius 1 is 1.18 bits per heavy atom. The molecule has 0 unspecified atom stereocenters. The summed E-state index contributed by atoms with van der Waals surface area (Å²) in [4.78, 5) is 11.0. The summed E-state index contributed by atoms with van der Waals surface area (Å²) in [5.74, 6) is 2.06. The molecule has 0 aliphatic carbocycles. The minimum atomic E-state index is -0.172. The molecule has 0 amide bonds. The summed E-state index contributed by atoms with van der Waals surface area (Å²) in [5.41, 5.74) is 9.25.